The Labute approximate surface area is 127 Å². The normalized spacial score (nSPS) is 15.2. The molecule has 0 aliphatic carbocycles. The van der Waals surface area contributed by atoms with Crippen LogP contribution in [-0.2, 0) is 4.79 Å². The first-order valence-corrected chi connectivity index (χ1v) is 7.07. The van der Waals surface area contributed by atoms with Gasteiger partial charge in [-0.2, -0.15) is 0 Å². The van der Waals surface area contributed by atoms with E-state index in [0.717, 1.165) is 6.07 Å². The first-order chi connectivity index (χ1) is 10.0. The Kier molecular flexibility index (Phi) is 5.14. The average Bonchev–Trinajstić information content (AvgIpc) is 2.47. The molecule has 21 heavy (non-hydrogen) atoms. The summed E-state index contributed by atoms with van der Waals surface area (Å²) in [5, 5.41) is 3.06. The smallest absolute Gasteiger partial charge is 0.256 e. The number of likely N-dealkylation sites (N-methyl/N-ethyl adjacent to an activating group) is 1. The van der Waals surface area contributed by atoms with Gasteiger partial charge in [0.05, 0.1) is 12.1 Å². The van der Waals surface area contributed by atoms with Crippen molar-refractivity contribution in [3.63, 3.8) is 0 Å². The fraction of sp³-hybridized carbons (Fsp3) is 0.429. The van der Waals surface area contributed by atoms with Crippen molar-refractivity contribution in [1.29, 1.82) is 0 Å². The number of nitrogens with zero attached hydrogens (tertiary/aromatic N) is 2. The van der Waals surface area contributed by atoms with Crippen LogP contribution in [-0.4, -0.2) is 61.4 Å². The van der Waals surface area contributed by atoms with E-state index < -0.39 is 5.82 Å². The van der Waals surface area contributed by atoms with E-state index in [-0.39, 0.29) is 28.9 Å². The molecule has 1 fully saturated rings. The van der Waals surface area contributed by atoms with Gasteiger partial charge in [-0.25, -0.2) is 4.39 Å². The standard InChI is InChI=1S/C14H17ClFN3O2/c1-17-9-13(20)18-4-6-19(7-5-18)14(21)11-3-2-10(15)8-12(11)16/h2-3,8,17H,4-7,9H2,1H3. The summed E-state index contributed by atoms with van der Waals surface area (Å²) in [6, 6.07) is 4.00. The summed E-state index contributed by atoms with van der Waals surface area (Å²) < 4.78 is 13.8. The summed E-state index contributed by atoms with van der Waals surface area (Å²) in [6.45, 7) is 2.00. The van der Waals surface area contributed by atoms with Crippen LogP contribution >= 0.6 is 11.6 Å². The predicted molar refractivity (Wildman–Crippen MR) is 77.8 cm³/mol. The number of amides is 2. The highest BCUT2D eigenvalue weighted by Gasteiger charge is 2.25. The van der Waals surface area contributed by atoms with Crippen molar-refractivity contribution < 1.29 is 14.0 Å². The maximum absolute atomic E-state index is 13.8. The molecule has 1 aliphatic heterocycles. The Hall–Kier alpha value is -1.66. The van der Waals surface area contributed by atoms with Gasteiger partial charge in [0, 0.05) is 31.2 Å². The monoisotopic (exact) mass is 313 g/mol. The van der Waals surface area contributed by atoms with Crippen LogP contribution in [0, 0.1) is 5.82 Å². The van der Waals surface area contributed by atoms with Gasteiger partial charge in [-0.1, -0.05) is 11.6 Å². The molecular formula is C14H17ClFN3O2. The van der Waals surface area contributed by atoms with Crippen LogP contribution in [0.25, 0.3) is 0 Å². The fourth-order valence-corrected chi connectivity index (χ4v) is 2.41. The molecule has 7 heteroatoms. The summed E-state index contributed by atoms with van der Waals surface area (Å²) >= 11 is 5.68. The summed E-state index contributed by atoms with van der Waals surface area (Å²) in [5.74, 6) is -0.992. The summed E-state index contributed by atoms with van der Waals surface area (Å²) in [4.78, 5) is 27.2. The molecule has 2 rings (SSSR count). The van der Waals surface area contributed by atoms with E-state index >= 15 is 0 Å². The van der Waals surface area contributed by atoms with Crippen molar-refractivity contribution in [2.24, 2.45) is 0 Å². The van der Waals surface area contributed by atoms with E-state index in [1.54, 1.807) is 16.8 Å². The van der Waals surface area contributed by atoms with Gasteiger partial charge in [0.1, 0.15) is 5.82 Å². The molecule has 0 aromatic heterocycles. The van der Waals surface area contributed by atoms with Crippen LogP contribution in [0.2, 0.25) is 5.02 Å². The molecule has 0 bridgehead atoms. The Balaban J connectivity index is 1.98. The molecule has 0 unspecified atom stereocenters. The number of hydrogen-bond donors (Lipinski definition) is 1. The fourth-order valence-electron chi connectivity index (χ4n) is 2.26. The van der Waals surface area contributed by atoms with E-state index in [1.807, 2.05) is 0 Å². The lowest BCUT2D eigenvalue weighted by molar-refractivity contribution is -0.131. The minimum Gasteiger partial charge on any atom is -0.338 e. The van der Waals surface area contributed by atoms with Crippen molar-refractivity contribution in [2.75, 3.05) is 39.8 Å². The van der Waals surface area contributed by atoms with E-state index in [4.69, 9.17) is 11.6 Å². The zero-order valence-electron chi connectivity index (χ0n) is 11.7. The maximum Gasteiger partial charge on any atom is 0.256 e. The zero-order chi connectivity index (χ0) is 15.4. The van der Waals surface area contributed by atoms with Gasteiger partial charge >= 0.3 is 0 Å². The topological polar surface area (TPSA) is 52.7 Å². The quantitative estimate of drug-likeness (QED) is 0.905. The Morgan fingerprint density at radius 2 is 1.86 bits per heavy atom. The van der Waals surface area contributed by atoms with Crippen molar-refractivity contribution in [3.05, 3.63) is 34.6 Å². The highest BCUT2D eigenvalue weighted by atomic mass is 35.5. The molecule has 1 heterocycles. The van der Waals surface area contributed by atoms with Crippen LogP contribution in [0.1, 0.15) is 10.4 Å². The Morgan fingerprint density at radius 3 is 2.43 bits per heavy atom. The maximum atomic E-state index is 13.8. The van der Waals surface area contributed by atoms with Gasteiger partial charge in [0.15, 0.2) is 0 Å². The van der Waals surface area contributed by atoms with Crippen molar-refractivity contribution in [1.82, 2.24) is 15.1 Å². The van der Waals surface area contributed by atoms with Crippen molar-refractivity contribution in [2.45, 2.75) is 0 Å². The third-order valence-electron chi connectivity index (χ3n) is 3.41. The van der Waals surface area contributed by atoms with Crippen LogP contribution in [0.15, 0.2) is 18.2 Å². The van der Waals surface area contributed by atoms with Crippen LogP contribution in [0.5, 0.6) is 0 Å². The number of carbonyl (C=O) groups excluding carboxylic acids is 2. The van der Waals surface area contributed by atoms with E-state index in [9.17, 15) is 14.0 Å². The summed E-state index contributed by atoms with van der Waals surface area (Å²) in [5.41, 5.74) is 0.00870. The Bertz CT molecular complexity index is 545. The van der Waals surface area contributed by atoms with Gasteiger partial charge in [0.2, 0.25) is 5.91 Å². The molecule has 1 aliphatic rings. The first-order valence-electron chi connectivity index (χ1n) is 6.69. The van der Waals surface area contributed by atoms with Crippen LogP contribution < -0.4 is 5.32 Å². The van der Waals surface area contributed by atoms with E-state index in [0.29, 0.717) is 26.2 Å². The number of halogens is 2. The van der Waals surface area contributed by atoms with Crippen LogP contribution in [0.4, 0.5) is 4.39 Å². The lowest BCUT2D eigenvalue weighted by Crippen LogP contribution is -2.52. The van der Waals surface area contributed by atoms with Crippen LogP contribution in [0.3, 0.4) is 0 Å². The molecule has 1 saturated heterocycles. The SMILES string of the molecule is CNCC(=O)N1CCN(C(=O)c2ccc(Cl)cc2F)CC1. The molecule has 2 amide bonds. The molecule has 114 valence electrons. The molecule has 0 spiro atoms. The minimum absolute atomic E-state index is 0.00210. The highest BCUT2D eigenvalue weighted by Crippen LogP contribution is 2.17. The summed E-state index contributed by atoms with van der Waals surface area (Å²) in [6.07, 6.45) is 0. The average molecular weight is 314 g/mol. The van der Waals surface area contributed by atoms with Gasteiger partial charge in [0.25, 0.3) is 5.91 Å². The van der Waals surface area contributed by atoms with E-state index in [1.165, 1.54) is 12.1 Å². The molecule has 1 aromatic carbocycles. The second-order valence-electron chi connectivity index (χ2n) is 4.83. The lowest BCUT2D eigenvalue weighted by Gasteiger charge is -2.34. The number of nitrogens with one attached hydrogen (secondary N) is 1. The third-order valence-corrected chi connectivity index (χ3v) is 3.64. The van der Waals surface area contributed by atoms with Crippen molar-refractivity contribution >= 4 is 23.4 Å². The van der Waals surface area contributed by atoms with Gasteiger partial charge in [-0.05, 0) is 25.2 Å². The zero-order valence-corrected chi connectivity index (χ0v) is 12.5. The molecule has 1 N–H and O–H groups in total. The first kappa shape index (κ1) is 15.7. The second kappa shape index (κ2) is 6.87. The lowest BCUT2D eigenvalue weighted by atomic mass is 10.1. The second-order valence-corrected chi connectivity index (χ2v) is 5.26. The largest absolute Gasteiger partial charge is 0.338 e. The summed E-state index contributed by atoms with van der Waals surface area (Å²) in [7, 11) is 1.71. The number of benzene rings is 1. The molecule has 1 aromatic rings. The molecule has 0 saturated carbocycles. The Morgan fingerprint density at radius 1 is 1.24 bits per heavy atom. The molecular weight excluding hydrogens is 297 g/mol. The predicted octanol–water partition coefficient (Wildman–Crippen LogP) is 0.983. The molecule has 0 atom stereocenters. The van der Waals surface area contributed by atoms with E-state index in [2.05, 4.69) is 5.32 Å². The molecule has 5 nitrogen and oxygen atoms in total. The van der Waals surface area contributed by atoms with Gasteiger partial charge in [-0.3, -0.25) is 9.59 Å². The number of rotatable bonds is 3. The highest BCUT2D eigenvalue weighted by molar-refractivity contribution is 6.30. The van der Waals surface area contributed by atoms with Gasteiger partial charge in [-0.15, -0.1) is 0 Å². The number of piperazine rings is 1. The van der Waals surface area contributed by atoms with Crippen molar-refractivity contribution in [3.8, 4) is 0 Å². The number of carbonyl (C=O) groups is 2. The molecule has 0 radical (unpaired) electrons. The minimum atomic E-state index is -0.624. The van der Waals surface area contributed by atoms with Gasteiger partial charge < -0.3 is 15.1 Å². The third kappa shape index (κ3) is 3.71. The number of hydrogen-bond acceptors (Lipinski definition) is 3.